The molecule has 3 rings (SSSR count). The number of hydrogen-bond acceptors (Lipinski definition) is 5. The predicted molar refractivity (Wildman–Crippen MR) is 106 cm³/mol. The molecule has 29 heavy (non-hydrogen) atoms. The van der Waals surface area contributed by atoms with E-state index in [1.54, 1.807) is 24.9 Å². The summed E-state index contributed by atoms with van der Waals surface area (Å²) < 4.78 is 40.5. The highest BCUT2D eigenvalue weighted by Gasteiger charge is 2.31. The van der Waals surface area contributed by atoms with E-state index < -0.39 is 15.8 Å². The zero-order valence-corrected chi connectivity index (χ0v) is 17.6. The Balaban J connectivity index is 1.73. The first-order valence-corrected chi connectivity index (χ1v) is 11.0. The van der Waals surface area contributed by atoms with Gasteiger partial charge in [-0.25, -0.2) is 22.8 Å². The molecule has 0 unspecified atom stereocenters. The Morgan fingerprint density at radius 1 is 1.24 bits per heavy atom. The van der Waals surface area contributed by atoms with E-state index >= 15 is 0 Å². The summed E-state index contributed by atoms with van der Waals surface area (Å²) in [6, 6.07) is 4.75. The topological polar surface area (TPSA) is 83.5 Å². The van der Waals surface area contributed by atoms with Crippen molar-refractivity contribution in [3.63, 3.8) is 0 Å². The lowest BCUT2D eigenvalue weighted by molar-refractivity contribution is 0.0758. The maximum Gasteiger partial charge on any atom is 0.257 e. The number of carbonyl (C=O) groups is 1. The van der Waals surface area contributed by atoms with Gasteiger partial charge in [0.15, 0.2) is 0 Å². The van der Waals surface area contributed by atoms with E-state index in [4.69, 9.17) is 0 Å². The molecule has 0 bridgehead atoms. The number of aromatic nitrogens is 2. The average molecular weight is 421 g/mol. The van der Waals surface area contributed by atoms with Crippen LogP contribution in [0.3, 0.4) is 0 Å². The molecule has 156 valence electrons. The van der Waals surface area contributed by atoms with Crippen LogP contribution in [0.4, 0.5) is 4.39 Å². The number of hydrogen-bond donors (Lipinski definition) is 0. The summed E-state index contributed by atoms with van der Waals surface area (Å²) in [4.78, 5) is 22.9. The monoisotopic (exact) mass is 420 g/mol. The number of nitrogens with zero attached hydrogens (tertiary/aromatic N) is 4. The molecule has 0 radical (unpaired) electrons. The van der Waals surface area contributed by atoms with E-state index in [1.165, 1.54) is 29.6 Å². The molecule has 2 aromatic rings. The summed E-state index contributed by atoms with van der Waals surface area (Å²) in [5.74, 6) is -0.120. The van der Waals surface area contributed by atoms with Crippen molar-refractivity contribution in [2.45, 2.75) is 44.0 Å². The Morgan fingerprint density at radius 2 is 2.00 bits per heavy atom. The van der Waals surface area contributed by atoms with Gasteiger partial charge >= 0.3 is 0 Å². The smallest absolute Gasteiger partial charge is 0.257 e. The molecule has 1 atom stereocenters. The summed E-state index contributed by atoms with van der Waals surface area (Å²) in [5.41, 5.74) is 1.10. The van der Waals surface area contributed by atoms with Gasteiger partial charge in [0.1, 0.15) is 11.6 Å². The van der Waals surface area contributed by atoms with Crippen LogP contribution in [0.25, 0.3) is 0 Å². The van der Waals surface area contributed by atoms with Crippen LogP contribution in [0, 0.1) is 19.7 Å². The lowest BCUT2D eigenvalue weighted by Crippen LogP contribution is -2.38. The number of aryl methyl sites for hydroxylation is 2. The zero-order valence-electron chi connectivity index (χ0n) is 16.8. The average Bonchev–Trinajstić information content (AvgIpc) is 2.93. The van der Waals surface area contributed by atoms with E-state index in [0.717, 1.165) is 6.07 Å². The minimum atomic E-state index is -3.81. The van der Waals surface area contributed by atoms with Crippen LogP contribution in [-0.4, -0.2) is 59.7 Å². The van der Waals surface area contributed by atoms with Crippen molar-refractivity contribution >= 4 is 15.9 Å². The van der Waals surface area contributed by atoms with Crippen LogP contribution in [-0.2, 0) is 10.0 Å². The van der Waals surface area contributed by atoms with Crippen molar-refractivity contribution < 1.29 is 17.6 Å². The highest BCUT2D eigenvalue weighted by atomic mass is 32.2. The molecule has 9 heteroatoms. The van der Waals surface area contributed by atoms with Crippen molar-refractivity contribution in [2.24, 2.45) is 0 Å². The lowest BCUT2D eigenvalue weighted by atomic mass is 10.1. The van der Waals surface area contributed by atoms with Crippen LogP contribution in [0.5, 0.6) is 0 Å². The largest absolute Gasteiger partial charge is 0.338 e. The Morgan fingerprint density at radius 3 is 2.69 bits per heavy atom. The number of benzene rings is 1. The number of halogens is 1. The predicted octanol–water partition coefficient (Wildman–Crippen LogP) is 2.55. The first-order valence-electron chi connectivity index (χ1n) is 9.53. The summed E-state index contributed by atoms with van der Waals surface area (Å²) in [6.45, 7) is 4.52. The normalized spacial score (nSPS) is 18.0. The first kappa shape index (κ1) is 21.3. The molecule has 0 aliphatic carbocycles. The molecule has 1 saturated heterocycles. The molecule has 2 heterocycles. The molecule has 1 amide bonds. The van der Waals surface area contributed by atoms with E-state index in [1.807, 2.05) is 0 Å². The summed E-state index contributed by atoms with van der Waals surface area (Å²) >= 11 is 0. The fourth-order valence-corrected chi connectivity index (χ4v) is 5.05. The van der Waals surface area contributed by atoms with E-state index in [2.05, 4.69) is 9.97 Å². The lowest BCUT2D eigenvalue weighted by Gasteiger charge is -2.27. The van der Waals surface area contributed by atoms with Crippen molar-refractivity contribution in [1.29, 1.82) is 0 Å². The maximum atomic E-state index is 13.5. The Labute approximate surface area is 170 Å². The number of amides is 1. The molecule has 7 nitrogen and oxygen atoms in total. The van der Waals surface area contributed by atoms with Crippen LogP contribution >= 0.6 is 0 Å². The van der Waals surface area contributed by atoms with Gasteiger partial charge in [-0.15, -0.1) is 0 Å². The number of sulfonamides is 1. The van der Waals surface area contributed by atoms with E-state index in [9.17, 15) is 17.6 Å². The fourth-order valence-electron chi connectivity index (χ4n) is 3.60. The minimum absolute atomic E-state index is 0.0652. The summed E-state index contributed by atoms with van der Waals surface area (Å²) in [7, 11) is -2.29. The first-order chi connectivity index (χ1) is 13.7. The van der Waals surface area contributed by atoms with Crippen LogP contribution in [0.2, 0.25) is 0 Å². The zero-order chi connectivity index (χ0) is 21.2. The quantitative estimate of drug-likeness (QED) is 0.759. The Kier molecular flexibility index (Phi) is 6.28. The molecular weight excluding hydrogens is 395 g/mol. The summed E-state index contributed by atoms with van der Waals surface area (Å²) in [5, 5.41) is 0. The van der Waals surface area contributed by atoms with Crippen LogP contribution in [0.15, 0.2) is 35.4 Å². The van der Waals surface area contributed by atoms with Gasteiger partial charge in [-0.3, -0.25) is 4.79 Å². The van der Waals surface area contributed by atoms with E-state index in [0.29, 0.717) is 49.4 Å². The van der Waals surface area contributed by atoms with Gasteiger partial charge < -0.3 is 4.90 Å². The van der Waals surface area contributed by atoms with Gasteiger partial charge in [0.25, 0.3) is 5.91 Å². The second kappa shape index (κ2) is 8.54. The van der Waals surface area contributed by atoms with Gasteiger partial charge in [0.2, 0.25) is 10.0 Å². The second-order valence-electron chi connectivity index (χ2n) is 7.27. The molecule has 0 saturated carbocycles. The highest BCUT2D eigenvalue weighted by molar-refractivity contribution is 7.89. The van der Waals surface area contributed by atoms with Gasteiger partial charge in [-0.2, -0.15) is 4.31 Å². The highest BCUT2D eigenvalue weighted by Crippen LogP contribution is 2.24. The number of carbonyl (C=O) groups excluding carboxylic acids is 1. The van der Waals surface area contributed by atoms with Crippen molar-refractivity contribution in [1.82, 2.24) is 19.2 Å². The van der Waals surface area contributed by atoms with Crippen molar-refractivity contribution in [2.75, 3.05) is 20.1 Å². The molecule has 1 aliphatic heterocycles. The molecule has 0 N–H and O–H groups in total. The van der Waals surface area contributed by atoms with E-state index in [-0.39, 0.29) is 16.8 Å². The van der Waals surface area contributed by atoms with Crippen LogP contribution < -0.4 is 0 Å². The standard InChI is InChI=1S/C20H25FN4O3S/c1-14-19(13-22-15(2)23-14)20(26)25-10-5-7-17(9-11-25)24(3)29(27,28)18-8-4-6-16(21)12-18/h4,6,8,12-13,17H,5,7,9-11H2,1-3H3/t17-/m1/s1. The molecular formula is C20H25FN4O3S. The minimum Gasteiger partial charge on any atom is -0.338 e. The molecule has 1 aromatic heterocycles. The third kappa shape index (κ3) is 4.62. The molecule has 0 spiro atoms. The molecule has 1 fully saturated rings. The third-order valence-electron chi connectivity index (χ3n) is 5.30. The number of likely N-dealkylation sites (tertiary alicyclic amines) is 1. The van der Waals surface area contributed by atoms with Crippen LogP contribution in [0.1, 0.15) is 41.1 Å². The van der Waals surface area contributed by atoms with Crippen molar-refractivity contribution in [3.8, 4) is 0 Å². The van der Waals surface area contributed by atoms with Gasteiger partial charge in [-0.1, -0.05) is 6.07 Å². The number of rotatable bonds is 4. The Hall–Kier alpha value is -2.39. The second-order valence-corrected chi connectivity index (χ2v) is 9.27. The van der Waals surface area contributed by atoms with Gasteiger partial charge in [-0.05, 0) is 51.3 Å². The van der Waals surface area contributed by atoms with Gasteiger partial charge in [0, 0.05) is 32.4 Å². The molecule has 1 aromatic carbocycles. The maximum absolute atomic E-state index is 13.5. The van der Waals surface area contributed by atoms with Gasteiger partial charge in [0.05, 0.1) is 16.2 Å². The van der Waals surface area contributed by atoms with Crippen molar-refractivity contribution in [3.05, 3.63) is 53.4 Å². The SMILES string of the molecule is Cc1ncc(C(=O)N2CCC[C@@H](N(C)S(=O)(=O)c3cccc(F)c3)CC2)c(C)n1. The fraction of sp³-hybridized carbons (Fsp3) is 0.450. The molecule has 1 aliphatic rings. The Bertz CT molecular complexity index is 1010. The third-order valence-corrected chi connectivity index (χ3v) is 7.21. The summed E-state index contributed by atoms with van der Waals surface area (Å²) in [6.07, 6.45) is 3.34.